The Morgan fingerprint density at radius 2 is 1.96 bits per heavy atom. The van der Waals surface area contributed by atoms with Crippen molar-refractivity contribution in [1.29, 1.82) is 0 Å². The van der Waals surface area contributed by atoms with E-state index in [2.05, 4.69) is 29.0 Å². The molecule has 0 saturated carbocycles. The number of nitrogens with one attached hydrogen (secondary N) is 1. The molecule has 1 atom stereocenters. The van der Waals surface area contributed by atoms with Gasteiger partial charge in [-0.15, -0.1) is 0 Å². The number of benzene rings is 1. The molecule has 7 heteroatoms. The molecule has 0 fully saturated rings. The quantitative estimate of drug-likeness (QED) is 0.499. The lowest BCUT2D eigenvalue weighted by molar-refractivity contribution is -0.120. The number of amides is 1. The second-order valence-electron chi connectivity index (χ2n) is 6.40. The van der Waals surface area contributed by atoms with E-state index in [0.717, 1.165) is 26.1 Å². The van der Waals surface area contributed by atoms with Crippen molar-refractivity contribution < 1.29 is 4.79 Å². The van der Waals surface area contributed by atoms with Crippen molar-refractivity contribution in [2.45, 2.75) is 51.1 Å². The summed E-state index contributed by atoms with van der Waals surface area (Å²) in [5.41, 5.74) is 0.638. The first-order valence-electron chi connectivity index (χ1n) is 9.68. The fourth-order valence-electron chi connectivity index (χ4n) is 2.96. The Morgan fingerprint density at radius 1 is 1.26 bits per heavy atom. The summed E-state index contributed by atoms with van der Waals surface area (Å²) in [5.74, 6) is -0.0420. The van der Waals surface area contributed by atoms with Crippen LogP contribution in [0.4, 0.5) is 0 Å². The topological polar surface area (TPSA) is 67.2 Å². The number of hydrogen-bond acceptors (Lipinski definition) is 5. The number of aromatic nitrogens is 2. The summed E-state index contributed by atoms with van der Waals surface area (Å²) in [6.45, 7) is 12.1. The van der Waals surface area contributed by atoms with Crippen LogP contribution >= 0.6 is 11.8 Å². The normalized spacial score (nSPS) is 12.5. The lowest BCUT2D eigenvalue weighted by Crippen LogP contribution is -2.32. The molecule has 6 nitrogen and oxygen atoms in total. The highest BCUT2D eigenvalue weighted by atomic mass is 32.2. The van der Waals surface area contributed by atoms with E-state index in [1.54, 1.807) is 4.57 Å². The highest BCUT2D eigenvalue weighted by Crippen LogP contribution is 2.23. The minimum Gasteiger partial charge on any atom is -0.355 e. The van der Waals surface area contributed by atoms with Gasteiger partial charge in [0.25, 0.3) is 5.56 Å². The van der Waals surface area contributed by atoms with Gasteiger partial charge in [-0.1, -0.05) is 37.7 Å². The van der Waals surface area contributed by atoms with Crippen LogP contribution in [0.5, 0.6) is 0 Å². The van der Waals surface area contributed by atoms with E-state index in [0.29, 0.717) is 29.1 Å². The molecule has 2 rings (SSSR count). The third kappa shape index (κ3) is 5.56. The zero-order valence-corrected chi connectivity index (χ0v) is 17.5. The summed E-state index contributed by atoms with van der Waals surface area (Å²) in [5, 5.41) is 3.74. The predicted octanol–water partition coefficient (Wildman–Crippen LogP) is 2.75. The zero-order chi connectivity index (χ0) is 19.8. The minimum atomic E-state index is -0.313. The van der Waals surface area contributed by atoms with Gasteiger partial charge in [0.2, 0.25) is 5.91 Å². The SMILES string of the molecule is CCNC(=O)[C@@H](C)Sc1nc2ccccc2c(=O)n1CCCN(CC)CC. The maximum atomic E-state index is 13.0. The first-order valence-corrected chi connectivity index (χ1v) is 10.6. The van der Waals surface area contributed by atoms with Crippen LogP contribution in [0.25, 0.3) is 10.9 Å². The minimum absolute atomic E-state index is 0.0363. The van der Waals surface area contributed by atoms with E-state index in [1.807, 2.05) is 38.1 Å². The maximum Gasteiger partial charge on any atom is 0.262 e. The molecule has 0 aliphatic heterocycles. The van der Waals surface area contributed by atoms with E-state index >= 15 is 0 Å². The lowest BCUT2D eigenvalue weighted by atomic mass is 10.2. The van der Waals surface area contributed by atoms with Crippen LogP contribution < -0.4 is 10.9 Å². The summed E-state index contributed by atoms with van der Waals surface area (Å²) in [6, 6.07) is 7.39. The van der Waals surface area contributed by atoms with Gasteiger partial charge in [-0.2, -0.15) is 0 Å². The molecule has 27 heavy (non-hydrogen) atoms. The molecular formula is C20H30N4O2S. The van der Waals surface area contributed by atoms with Crippen molar-refractivity contribution in [2.24, 2.45) is 0 Å². The summed E-state index contributed by atoms with van der Waals surface area (Å²) in [6.07, 6.45) is 0.866. The van der Waals surface area contributed by atoms with Gasteiger partial charge < -0.3 is 10.2 Å². The second kappa shape index (κ2) is 10.5. The second-order valence-corrected chi connectivity index (χ2v) is 7.71. The molecule has 1 N–H and O–H groups in total. The molecule has 0 radical (unpaired) electrons. The van der Waals surface area contributed by atoms with Gasteiger partial charge in [0.05, 0.1) is 16.2 Å². The van der Waals surface area contributed by atoms with Crippen LogP contribution in [-0.4, -0.2) is 51.8 Å². The Morgan fingerprint density at radius 3 is 2.63 bits per heavy atom. The van der Waals surface area contributed by atoms with Crippen LogP contribution in [0.15, 0.2) is 34.2 Å². The fraction of sp³-hybridized carbons (Fsp3) is 0.550. The van der Waals surface area contributed by atoms with E-state index in [9.17, 15) is 9.59 Å². The molecule has 1 aromatic carbocycles. The summed E-state index contributed by atoms with van der Waals surface area (Å²) in [4.78, 5) is 32.2. The summed E-state index contributed by atoms with van der Waals surface area (Å²) in [7, 11) is 0. The summed E-state index contributed by atoms with van der Waals surface area (Å²) >= 11 is 1.34. The van der Waals surface area contributed by atoms with E-state index in [-0.39, 0.29) is 16.7 Å². The molecule has 0 unspecified atom stereocenters. The van der Waals surface area contributed by atoms with Crippen LogP contribution in [0, 0.1) is 0 Å². The number of rotatable bonds is 10. The van der Waals surface area contributed by atoms with Gasteiger partial charge in [0, 0.05) is 13.1 Å². The number of carbonyl (C=O) groups excluding carboxylic acids is 1. The molecule has 1 heterocycles. The number of fused-ring (bicyclic) bond motifs is 1. The molecular weight excluding hydrogens is 360 g/mol. The molecule has 0 spiro atoms. The first kappa shape index (κ1) is 21.4. The van der Waals surface area contributed by atoms with Gasteiger partial charge in [-0.05, 0) is 52.0 Å². The van der Waals surface area contributed by atoms with E-state index in [1.165, 1.54) is 11.8 Å². The van der Waals surface area contributed by atoms with Crippen molar-refractivity contribution >= 4 is 28.6 Å². The van der Waals surface area contributed by atoms with Crippen LogP contribution in [0.3, 0.4) is 0 Å². The van der Waals surface area contributed by atoms with Crippen LogP contribution in [-0.2, 0) is 11.3 Å². The average molecular weight is 391 g/mol. The third-order valence-electron chi connectivity index (χ3n) is 4.58. The molecule has 1 aromatic heterocycles. The monoisotopic (exact) mass is 390 g/mol. The van der Waals surface area contributed by atoms with E-state index < -0.39 is 0 Å². The van der Waals surface area contributed by atoms with Crippen molar-refractivity contribution in [3.8, 4) is 0 Å². The van der Waals surface area contributed by atoms with Gasteiger partial charge in [0.15, 0.2) is 5.16 Å². The molecule has 0 aliphatic rings. The number of nitrogens with zero attached hydrogens (tertiary/aromatic N) is 3. The Hall–Kier alpha value is -1.86. The number of hydrogen-bond donors (Lipinski definition) is 1. The number of carbonyl (C=O) groups is 1. The summed E-state index contributed by atoms with van der Waals surface area (Å²) < 4.78 is 1.73. The van der Waals surface area contributed by atoms with Crippen molar-refractivity contribution in [3.63, 3.8) is 0 Å². The highest BCUT2D eigenvalue weighted by Gasteiger charge is 2.19. The van der Waals surface area contributed by atoms with Gasteiger partial charge in [-0.25, -0.2) is 4.98 Å². The van der Waals surface area contributed by atoms with E-state index in [4.69, 9.17) is 0 Å². The Kier molecular flexibility index (Phi) is 8.31. The van der Waals surface area contributed by atoms with Gasteiger partial charge in [0.1, 0.15) is 0 Å². The maximum absolute atomic E-state index is 13.0. The molecule has 148 valence electrons. The van der Waals surface area contributed by atoms with Crippen molar-refractivity contribution in [1.82, 2.24) is 19.8 Å². The largest absolute Gasteiger partial charge is 0.355 e. The first-order chi connectivity index (χ1) is 13.0. The Labute approximate surface area is 165 Å². The van der Waals surface area contributed by atoms with Crippen LogP contribution in [0.1, 0.15) is 34.1 Å². The smallest absolute Gasteiger partial charge is 0.262 e. The Bertz CT molecular complexity index is 817. The van der Waals surface area contributed by atoms with Gasteiger partial charge >= 0.3 is 0 Å². The predicted molar refractivity (Wildman–Crippen MR) is 112 cm³/mol. The van der Waals surface area contributed by atoms with Crippen LogP contribution in [0.2, 0.25) is 0 Å². The molecule has 1 amide bonds. The number of thioether (sulfide) groups is 1. The molecule has 0 saturated heterocycles. The highest BCUT2D eigenvalue weighted by molar-refractivity contribution is 8.00. The molecule has 0 aliphatic carbocycles. The fourth-order valence-corrected chi connectivity index (χ4v) is 3.92. The van der Waals surface area contributed by atoms with Crippen molar-refractivity contribution in [3.05, 3.63) is 34.6 Å². The number of para-hydroxylation sites is 1. The lowest BCUT2D eigenvalue weighted by Gasteiger charge is -2.19. The molecule has 2 aromatic rings. The van der Waals surface area contributed by atoms with Crippen molar-refractivity contribution in [2.75, 3.05) is 26.2 Å². The Balaban J connectivity index is 2.32. The van der Waals surface area contributed by atoms with Gasteiger partial charge in [-0.3, -0.25) is 14.2 Å². The standard InChI is InChI=1S/C20H30N4O2S/c1-5-21-18(25)15(4)27-20-22-17-12-9-8-11-16(17)19(26)24(20)14-10-13-23(6-2)7-3/h8-9,11-12,15H,5-7,10,13-14H2,1-4H3,(H,21,25)/t15-/m1/s1. The average Bonchev–Trinajstić information content (AvgIpc) is 2.67. The zero-order valence-electron chi connectivity index (χ0n) is 16.7. The molecule has 0 bridgehead atoms. The third-order valence-corrected chi connectivity index (χ3v) is 5.67.